The predicted octanol–water partition coefficient (Wildman–Crippen LogP) is 3.25. The van der Waals surface area contributed by atoms with Crippen LogP contribution in [0.4, 0.5) is 11.4 Å². The minimum absolute atomic E-state index is 0.0827. The predicted molar refractivity (Wildman–Crippen MR) is 121 cm³/mol. The van der Waals surface area contributed by atoms with Crippen molar-refractivity contribution in [1.82, 2.24) is 9.55 Å². The van der Waals surface area contributed by atoms with Gasteiger partial charge in [0.05, 0.1) is 24.9 Å². The van der Waals surface area contributed by atoms with Crippen molar-refractivity contribution in [1.29, 1.82) is 0 Å². The van der Waals surface area contributed by atoms with Crippen molar-refractivity contribution in [3.63, 3.8) is 0 Å². The second-order valence-electron chi connectivity index (χ2n) is 7.60. The topological polar surface area (TPSA) is 76.5 Å². The molecular weight excluding hydrogens is 400 g/mol. The number of nitrogens with zero attached hydrogens (tertiary/aromatic N) is 3. The summed E-state index contributed by atoms with van der Waals surface area (Å²) >= 11 is 1.53. The lowest BCUT2D eigenvalue weighted by atomic mass is 10.1. The van der Waals surface area contributed by atoms with Crippen molar-refractivity contribution >= 4 is 38.8 Å². The van der Waals surface area contributed by atoms with Gasteiger partial charge in [-0.2, -0.15) is 0 Å². The van der Waals surface area contributed by atoms with E-state index in [1.165, 1.54) is 22.2 Å². The lowest BCUT2D eigenvalue weighted by molar-refractivity contribution is -0.116. The summed E-state index contributed by atoms with van der Waals surface area (Å²) in [6, 6.07) is 6.05. The largest absolute Gasteiger partial charge is 0.378 e. The van der Waals surface area contributed by atoms with Crippen LogP contribution in [-0.2, 0) is 16.1 Å². The fraction of sp³-hybridized carbons (Fsp3) is 0.409. The Labute approximate surface area is 179 Å². The first kappa shape index (κ1) is 20.6. The van der Waals surface area contributed by atoms with Crippen LogP contribution in [0.15, 0.2) is 29.3 Å². The number of hydrogen-bond acceptors (Lipinski definition) is 6. The molecule has 0 aliphatic carbocycles. The number of aryl methyl sites for hydroxylation is 4. The van der Waals surface area contributed by atoms with E-state index in [9.17, 15) is 9.59 Å². The summed E-state index contributed by atoms with van der Waals surface area (Å²) in [5, 5.41) is 3.63. The number of amides is 1. The Balaban J connectivity index is 1.41. The van der Waals surface area contributed by atoms with Crippen LogP contribution in [0.2, 0.25) is 0 Å². The molecule has 0 bridgehead atoms. The van der Waals surface area contributed by atoms with Crippen LogP contribution in [0, 0.1) is 20.8 Å². The van der Waals surface area contributed by atoms with Gasteiger partial charge >= 0.3 is 0 Å². The third-order valence-electron chi connectivity index (χ3n) is 5.60. The summed E-state index contributed by atoms with van der Waals surface area (Å²) in [7, 11) is 0. The molecule has 3 aromatic rings. The van der Waals surface area contributed by atoms with Gasteiger partial charge in [0.25, 0.3) is 5.56 Å². The zero-order valence-electron chi connectivity index (χ0n) is 17.5. The monoisotopic (exact) mass is 426 g/mol. The van der Waals surface area contributed by atoms with E-state index in [1.54, 1.807) is 0 Å². The number of rotatable bonds is 5. The second kappa shape index (κ2) is 8.57. The number of benzene rings is 1. The number of fused-ring (bicyclic) bond motifs is 1. The Morgan fingerprint density at radius 1 is 1.23 bits per heavy atom. The number of nitrogens with one attached hydrogen (secondary N) is 1. The molecule has 1 saturated heterocycles. The number of ether oxygens (including phenoxy) is 1. The summed E-state index contributed by atoms with van der Waals surface area (Å²) in [5.74, 6) is -0.123. The smallest absolute Gasteiger partial charge is 0.262 e. The van der Waals surface area contributed by atoms with Crippen molar-refractivity contribution in [2.24, 2.45) is 0 Å². The van der Waals surface area contributed by atoms with E-state index < -0.39 is 0 Å². The Morgan fingerprint density at radius 2 is 2.00 bits per heavy atom. The lowest BCUT2D eigenvalue weighted by Crippen LogP contribution is -2.36. The highest BCUT2D eigenvalue weighted by Crippen LogP contribution is 2.26. The first-order valence-corrected chi connectivity index (χ1v) is 10.9. The van der Waals surface area contributed by atoms with Gasteiger partial charge in [-0.25, -0.2) is 4.98 Å². The number of carbonyl (C=O) groups is 1. The van der Waals surface area contributed by atoms with Crippen LogP contribution in [0.1, 0.15) is 22.4 Å². The van der Waals surface area contributed by atoms with Crippen LogP contribution in [0.3, 0.4) is 0 Å². The number of thiophene rings is 1. The van der Waals surface area contributed by atoms with Gasteiger partial charge in [-0.1, -0.05) is 0 Å². The van der Waals surface area contributed by atoms with E-state index in [4.69, 9.17) is 4.74 Å². The number of carbonyl (C=O) groups excluding carboxylic acids is 1. The molecule has 30 heavy (non-hydrogen) atoms. The minimum Gasteiger partial charge on any atom is -0.378 e. The number of anilines is 2. The molecule has 1 aliphatic heterocycles. The zero-order chi connectivity index (χ0) is 21.3. The van der Waals surface area contributed by atoms with Crippen LogP contribution >= 0.6 is 11.3 Å². The summed E-state index contributed by atoms with van der Waals surface area (Å²) in [6.07, 6.45) is 1.75. The molecule has 7 nitrogen and oxygen atoms in total. The number of morpholine rings is 1. The molecule has 0 spiro atoms. The summed E-state index contributed by atoms with van der Waals surface area (Å²) in [4.78, 5) is 33.8. The average molecular weight is 427 g/mol. The molecule has 8 heteroatoms. The summed E-state index contributed by atoms with van der Waals surface area (Å²) < 4.78 is 6.93. The summed E-state index contributed by atoms with van der Waals surface area (Å²) in [6.45, 7) is 9.45. The van der Waals surface area contributed by atoms with E-state index in [0.717, 1.165) is 58.5 Å². The molecule has 1 aromatic carbocycles. The third kappa shape index (κ3) is 4.11. The van der Waals surface area contributed by atoms with Crippen molar-refractivity contribution in [2.75, 3.05) is 36.5 Å². The molecule has 0 saturated carbocycles. The van der Waals surface area contributed by atoms with Gasteiger partial charge in [0.1, 0.15) is 4.83 Å². The Hall–Kier alpha value is -2.71. The maximum absolute atomic E-state index is 12.8. The molecule has 0 radical (unpaired) electrons. The third-order valence-corrected chi connectivity index (χ3v) is 6.71. The number of aromatic nitrogens is 2. The Kier molecular flexibility index (Phi) is 5.87. The fourth-order valence-corrected chi connectivity index (χ4v) is 4.66. The van der Waals surface area contributed by atoms with Crippen LogP contribution in [0.5, 0.6) is 0 Å². The Morgan fingerprint density at radius 3 is 2.73 bits per heavy atom. The standard InChI is InChI=1S/C22H26N4O3S/c1-14-12-17(25-8-10-29-11-9-25)4-5-18(14)24-19(27)6-7-26-13-23-21-20(22(26)28)15(2)16(3)30-21/h4-5,12-13H,6-11H2,1-3H3,(H,24,27). The molecule has 1 fully saturated rings. The minimum atomic E-state index is -0.123. The van der Waals surface area contributed by atoms with Gasteiger partial charge in [-0.05, 0) is 50.1 Å². The van der Waals surface area contributed by atoms with Gasteiger partial charge in [0.2, 0.25) is 5.91 Å². The maximum Gasteiger partial charge on any atom is 0.262 e. The molecule has 0 atom stereocenters. The first-order chi connectivity index (χ1) is 14.4. The quantitative estimate of drug-likeness (QED) is 0.678. The van der Waals surface area contributed by atoms with E-state index in [2.05, 4.69) is 21.3 Å². The van der Waals surface area contributed by atoms with Crippen LogP contribution in [0.25, 0.3) is 10.2 Å². The van der Waals surface area contributed by atoms with Gasteiger partial charge in [0.15, 0.2) is 0 Å². The van der Waals surface area contributed by atoms with Crippen molar-refractivity contribution < 1.29 is 9.53 Å². The Bertz CT molecular complexity index is 1150. The molecule has 158 valence electrons. The first-order valence-electron chi connectivity index (χ1n) is 10.1. The van der Waals surface area contributed by atoms with Gasteiger partial charge in [-0.15, -0.1) is 11.3 Å². The molecule has 0 unspecified atom stereocenters. The van der Waals surface area contributed by atoms with E-state index >= 15 is 0 Å². The average Bonchev–Trinajstić information content (AvgIpc) is 3.04. The van der Waals surface area contributed by atoms with E-state index in [1.807, 2.05) is 32.9 Å². The van der Waals surface area contributed by atoms with Gasteiger partial charge < -0.3 is 15.0 Å². The normalized spacial score (nSPS) is 14.3. The molecule has 1 aliphatic rings. The molecule has 4 rings (SSSR count). The summed E-state index contributed by atoms with van der Waals surface area (Å²) in [5.41, 5.74) is 3.84. The maximum atomic E-state index is 12.8. The van der Waals surface area contributed by atoms with E-state index in [0.29, 0.717) is 11.9 Å². The second-order valence-corrected chi connectivity index (χ2v) is 8.81. The van der Waals surface area contributed by atoms with Crippen molar-refractivity contribution in [3.05, 3.63) is 50.9 Å². The molecular formula is C22H26N4O3S. The molecule has 1 amide bonds. The lowest BCUT2D eigenvalue weighted by Gasteiger charge is -2.29. The SMILES string of the molecule is Cc1cc(N2CCOCC2)ccc1NC(=O)CCn1cnc2sc(C)c(C)c2c1=O. The highest BCUT2D eigenvalue weighted by Gasteiger charge is 2.14. The van der Waals surface area contributed by atoms with Crippen LogP contribution in [-0.4, -0.2) is 41.8 Å². The van der Waals surface area contributed by atoms with Gasteiger partial charge in [-0.3, -0.25) is 14.2 Å². The fourth-order valence-electron chi connectivity index (χ4n) is 3.67. The number of hydrogen-bond donors (Lipinski definition) is 1. The molecule has 3 heterocycles. The van der Waals surface area contributed by atoms with Crippen LogP contribution < -0.4 is 15.8 Å². The van der Waals surface area contributed by atoms with E-state index in [-0.39, 0.29) is 17.9 Å². The molecule has 1 N–H and O–H groups in total. The highest BCUT2D eigenvalue weighted by molar-refractivity contribution is 7.18. The van der Waals surface area contributed by atoms with Crippen molar-refractivity contribution in [3.8, 4) is 0 Å². The van der Waals surface area contributed by atoms with Crippen molar-refractivity contribution in [2.45, 2.75) is 33.7 Å². The van der Waals surface area contributed by atoms with Gasteiger partial charge in [0, 0.05) is 42.3 Å². The molecule has 2 aromatic heterocycles. The zero-order valence-corrected chi connectivity index (χ0v) is 18.3. The highest BCUT2D eigenvalue weighted by atomic mass is 32.1.